The van der Waals surface area contributed by atoms with Crippen molar-refractivity contribution in [2.75, 3.05) is 38.1 Å². The fourth-order valence-corrected chi connectivity index (χ4v) is 3.79. The van der Waals surface area contributed by atoms with Crippen LogP contribution >= 0.6 is 12.4 Å². The van der Waals surface area contributed by atoms with Gasteiger partial charge in [0.1, 0.15) is 5.52 Å². The molecule has 5 rings (SSSR count). The fourth-order valence-electron chi connectivity index (χ4n) is 3.79. The van der Waals surface area contributed by atoms with E-state index in [1.165, 1.54) is 25.9 Å². The van der Waals surface area contributed by atoms with Gasteiger partial charge in [-0.3, -0.25) is 4.79 Å². The monoisotopic (exact) mass is 364 g/mol. The molecule has 1 unspecified atom stereocenters. The van der Waals surface area contributed by atoms with Crippen LogP contribution in [-0.2, 0) is 0 Å². The third kappa shape index (κ3) is 3.33. The summed E-state index contributed by atoms with van der Waals surface area (Å²) in [6.07, 6.45) is 2.37. The number of benzene rings is 1. The van der Waals surface area contributed by atoms with Gasteiger partial charge in [0.15, 0.2) is 5.58 Å². The number of aromatic nitrogens is 1. The van der Waals surface area contributed by atoms with Gasteiger partial charge in [-0.2, -0.15) is 4.98 Å². The molecular formula is C18H25ClN4O2. The van der Waals surface area contributed by atoms with Crippen LogP contribution in [0.2, 0.25) is 0 Å². The molecule has 25 heavy (non-hydrogen) atoms. The Morgan fingerprint density at radius 2 is 2.16 bits per heavy atom. The molecule has 136 valence electrons. The SMILES string of the molecule is CCN(C)c1nc2c(C(=O)NC3CN4CCC3CC4)cccc2o1.Cl. The van der Waals surface area contributed by atoms with Gasteiger partial charge in [-0.05, 0) is 50.9 Å². The van der Waals surface area contributed by atoms with Crippen molar-refractivity contribution in [3.05, 3.63) is 23.8 Å². The Balaban J connectivity index is 0.00000182. The van der Waals surface area contributed by atoms with Crippen LogP contribution in [0.3, 0.4) is 0 Å². The highest BCUT2D eigenvalue weighted by molar-refractivity contribution is 6.04. The first-order valence-electron chi connectivity index (χ1n) is 8.79. The maximum Gasteiger partial charge on any atom is 0.298 e. The third-order valence-corrected chi connectivity index (χ3v) is 5.43. The van der Waals surface area contributed by atoms with Gasteiger partial charge in [0.05, 0.1) is 5.56 Å². The number of nitrogens with zero attached hydrogens (tertiary/aromatic N) is 3. The lowest BCUT2D eigenvalue weighted by atomic mass is 9.84. The number of oxazole rings is 1. The Kier molecular flexibility index (Phi) is 5.20. The van der Waals surface area contributed by atoms with Crippen molar-refractivity contribution in [2.24, 2.45) is 5.92 Å². The van der Waals surface area contributed by atoms with Crippen LogP contribution in [0.5, 0.6) is 0 Å². The standard InChI is InChI=1S/C18H24N4O2.ClH/c1-3-21(2)18-20-16-13(5-4-6-15(16)24-18)17(23)19-14-11-22-9-7-12(14)8-10-22;/h4-6,12,14H,3,7-11H2,1-2H3,(H,19,23);1H. The van der Waals surface area contributed by atoms with Crippen molar-refractivity contribution in [1.82, 2.24) is 15.2 Å². The van der Waals surface area contributed by atoms with Gasteiger partial charge in [-0.25, -0.2) is 0 Å². The van der Waals surface area contributed by atoms with Gasteiger partial charge in [0.25, 0.3) is 11.9 Å². The van der Waals surface area contributed by atoms with Crippen LogP contribution in [0.1, 0.15) is 30.1 Å². The number of halogens is 1. The smallest absolute Gasteiger partial charge is 0.298 e. The van der Waals surface area contributed by atoms with Crippen molar-refractivity contribution in [2.45, 2.75) is 25.8 Å². The number of hydrogen-bond acceptors (Lipinski definition) is 5. The highest BCUT2D eigenvalue weighted by Gasteiger charge is 2.35. The number of piperidine rings is 3. The number of carbonyl (C=O) groups excluding carboxylic acids is 1. The molecule has 1 atom stereocenters. The second-order valence-corrected chi connectivity index (χ2v) is 6.88. The molecule has 3 saturated heterocycles. The van der Waals surface area contributed by atoms with E-state index in [0.717, 1.165) is 13.1 Å². The van der Waals surface area contributed by atoms with Crippen LogP contribution in [-0.4, -0.2) is 55.1 Å². The Morgan fingerprint density at radius 3 is 2.80 bits per heavy atom. The zero-order valence-corrected chi connectivity index (χ0v) is 15.5. The summed E-state index contributed by atoms with van der Waals surface area (Å²) in [7, 11) is 1.93. The van der Waals surface area contributed by atoms with E-state index in [1.807, 2.05) is 37.1 Å². The minimum Gasteiger partial charge on any atom is -0.423 e. The van der Waals surface area contributed by atoms with E-state index in [4.69, 9.17) is 4.42 Å². The zero-order chi connectivity index (χ0) is 16.7. The van der Waals surface area contributed by atoms with E-state index in [0.29, 0.717) is 28.6 Å². The van der Waals surface area contributed by atoms with E-state index in [1.54, 1.807) is 0 Å². The molecule has 0 saturated carbocycles. The van der Waals surface area contributed by atoms with Crippen LogP contribution in [0, 0.1) is 5.92 Å². The van der Waals surface area contributed by atoms with Crippen molar-refractivity contribution >= 4 is 35.4 Å². The van der Waals surface area contributed by atoms with E-state index < -0.39 is 0 Å². The lowest BCUT2D eigenvalue weighted by Crippen LogP contribution is -2.57. The maximum absolute atomic E-state index is 12.8. The summed E-state index contributed by atoms with van der Waals surface area (Å²) in [6, 6.07) is 6.35. The first kappa shape index (κ1) is 18.0. The van der Waals surface area contributed by atoms with Gasteiger partial charge in [-0.15, -0.1) is 12.4 Å². The van der Waals surface area contributed by atoms with Crippen LogP contribution in [0.15, 0.2) is 22.6 Å². The largest absolute Gasteiger partial charge is 0.423 e. The zero-order valence-electron chi connectivity index (χ0n) is 14.7. The normalized spacial score (nSPS) is 24.8. The minimum atomic E-state index is -0.0432. The quantitative estimate of drug-likeness (QED) is 0.903. The molecule has 1 amide bonds. The molecule has 7 heteroatoms. The number of nitrogens with one attached hydrogen (secondary N) is 1. The summed E-state index contributed by atoms with van der Waals surface area (Å²) >= 11 is 0. The molecule has 1 aromatic heterocycles. The van der Waals surface area contributed by atoms with Crippen molar-refractivity contribution in [3.8, 4) is 0 Å². The third-order valence-electron chi connectivity index (χ3n) is 5.43. The van der Waals surface area contributed by atoms with E-state index in [2.05, 4.69) is 15.2 Å². The fraction of sp³-hybridized carbons (Fsp3) is 0.556. The number of rotatable bonds is 4. The highest BCUT2D eigenvalue weighted by Crippen LogP contribution is 2.28. The first-order valence-corrected chi connectivity index (χ1v) is 8.79. The van der Waals surface area contributed by atoms with Crippen LogP contribution < -0.4 is 10.2 Å². The highest BCUT2D eigenvalue weighted by atomic mass is 35.5. The molecule has 1 aromatic carbocycles. The molecule has 0 radical (unpaired) electrons. The number of hydrogen-bond donors (Lipinski definition) is 1. The van der Waals surface area contributed by atoms with Crippen molar-refractivity contribution in [1.29, 1.82) is 0 Å². The van der Waals surface area contributed by atoms with E-state index in [-0.39, 0.29) is 24.4 Å². The van der Waals surface area contributed by atoms with Gasteiger partial charge in [-0.1, -0.05) is 6.07 Å². The topological polar surface area (TPSA) is 61.6 Å². The molecule has 3 fully saturated rings. The van der Waals surface area contributed by atoms with Gasteiger partial charge in [0, 0.05) is 26.2 Å². The van der Waals surface area contributed by atoms with Gasteiger partial charge < -0.3 is 19.5 Å². The Labute approximate surface area is 154 Å². The lowest BCUT2D eigenvalue weighted by Gasteiger charge is -2.44. The molecule has 0 aliphatic carbocycles. The van der Waals surface area contributed by atoms with Crippen molar-refractivity contribution in [3.63, 3.8) is 0 Å². The van der Waals surface area contributed by atoms with Crippen molar-refractivity contribution < 1.29 is 9.21 Å². The predicted molar refractivity (Wildman–Crippen MR) is 101 cm³/mol. The average molecular weight is 365 g/mol. The number of para-hydroxylation sites is 1. The average Bonchev–Trinajstić information content (AvgIpc) is 3.06. The van der Waals surface area contributed by atoms with Crippen LogP contribution in [0.4, 0.5) is 6.01 Å². The second kappa shape index (κ2) is 7.22. The summed E-state index contributed by atoms with van der Waals surface area (Å²) in [5.41, 5.74) is 1.90. The second-order valence-electron chi connectivity index (χ2n) is 6.88. The first-order chi connectivity index (χ1) is 11.7. The van der Waals surface area contributed by atoms with E-state index >= 15 is 0 Å². The Morgan fingerprint density at radius 1 is 1.40 bits per heavy atom. The molecule has 2 aromatic rings. The molecule has 2 bridgehead atoms. The molecule has 6 nitrogen and oxygen atoms in total. The van der Waals surface area contributed by atoms with Gasteiger partial charge >= 0.3 is 0 Å². The summed E-state index contributed by atoms with van der Waals surface area (Å²) in [6.45, 7) is 6.14. The van der Waals surface area contributed by atoms with E-state index in [9.17, 15) is 4.79 Å². The summed E-state index contributed by atoms with van der Waals surface area (Å²) < 4.78 is 5.78. The Bertz CT molecular complexity index is 755. The molecule has 0 spiro atoms. The molecule has 4 heterocycles. The number of carbonyl (C=O) groups is 1. The summed E-state index contributed by atoms with van der Waals surface area (Å²) in [5, 5.41) is 3.24. The lowest BCUT2D eigenvalue weighted by molar-refractivity contribution is 0.0621. The molecule has 3 aliphatic rings. The summed E-state index contributed by atoms with van der Waals surface area (Å²) in [5.74, 6) is 0.565. The van der Waals surface area contributed by atoms with Crippen LogP contribution in [0.25, 0.3) is 11.1 Å². The Hall–Kier alpha value is -1.79. The maximum atomic E-state index is 12.8. The number of amides is 1. The molecular weight excluding hydrogens is 340 g/mol. The number of fused-ring (bicyclic) bond motifs is 4. The van der Waals surface area contributed by atoms with Gasteiger partial charge in [0.2, 0.25) is 0 Å². The number of anilines is 1. The summed E-state index contributed by atoms with van der Waals surface area (Å²) in [4.78, 5) is 21.7. The predicted octanol–water partition coefficient (Wildman–Crippen LogP) is 2.53. The molecule has 1 N–H and O–H groups in total. The minimum absolute atomic E-state index is 0. The molecule has 3 aliphatic heterocycles.